The molecule has 0 aliphatic rings. The third kappa shape index (κ3) is 6.85. The van der Waals surface area contributed by atoms with E-state index in [1.54, 1.807) is 0 Å². The van der Waals surface area contributed by atoms with Crippen molar-refractivity contribution in [3.05, 3.63) is 36.2 Å². The summed E-state index contributed by atoms with van der Waals surface area (Å²) in [6.07, 6.45) is 0. The average molecular weight is 354 g/mol. The molecule has 116 valence electrons. The first-order valence-corrected chi connectivity index (χ1v) is 10.6. The van der Waals surface area contributed by atoms with Gasteiger partial charge in [0.15, 0.2) is 0 Å². The summed E-state index contributed by atoms with van der Waals surface area (Å²) in [5, 5.41) is 10.4. The van der Waals surface area contributed by atoms with Gasteiger partial charge >= 0.3 is 35.6 Å². The van der Waals surface area contributed by atoms with Crippen LogP contribution in [0.5, 0.6) is 5.75 Å². The molecule has 0 unspecified atom stereocenters. The van der Waals surface area contributed by atoms with Crippen molar-refractivity contribution < 1.29 is 22.1 Å². The molecular formula is C16H27Cl2OTi-. The number of hydrogen-bond donors (Lipinski definition) is 1. The molecule has 0 aliphatic heterocycles. The first kappa shape index (κ1) is 22.6. The second kappa shape index (κ2) is 8.68. The van der Waals surface area contributed by atoms with Crippen molar-refractivity contribution >= 4 is 18.6 Å². The van der Waals surface area contributed by atoms with Gasteiger partial charge in [0.2, 0.25) is 0 Å². The van der Waals surface area contributed by atoms with Crippen LogP contribution in [0.4, 0.5) is 0 Å². The number of rotatable bonds is 0. The van der Waals surface area contributed by atoms with Crippen LogP contribution in [0, 0.1) is 14.4 Å². The van der Waals surface area contributed by atoms with E-state index in [0.29, 0.717) is 5.75 Å². The summed E-state index contributed by atoms with van der Waals surface area (Å²) in [6.45, 7) is 14.9. The summed E-state index contributed by atoms with van der Waals surface area (Å²) in [5.74, 6) is 0.464. The molecule has 0 aliphatic carbocycles. The number of halogens is 2. The molecule has 1 N–H and O–H groups in total. The van der Waals surface area contributed by atoms with E-state index < -0.39 is 17.0 Å². The van der Waals surface area contributed by atoms with Crippen molar-refractivity contribution in [1.29, 1.82) is 0 Å². The molecule has 1 rings (SSSR count). The number of benzene rings is 1. The van der Waals surface area contributed by atoms with Crippen LogP contribution < -0.4 is 0 Å². The Balaban J connectivity index is 0. The summed E-state index contributed by atoms with van der Waals surface area (Å²) >= 11 is -0.556. The van der Waals surface area contributed by atoms with Crippen LogP contribution in [0.15, 0.2) is 12.1 Å². The Kier molecular flexibility index (Phi) is 9.81. The molecule has 0 atom stereocenters. The van der Waals surface area contributed by atoms with Crippen LogP contribution in [-0.2, 0) is 27.9 Å². The van der Waals surface area contributed by atoms with E-state index in [1.807, 2.05) is 0 Å². The van der Waals surface area contributed by atoms with Gasteiger partial charge in [-0.25, -0.2) is 0 Å². The molecular weight excluding hydrogens is 327 g/mol. The van der Waals surface area contributed by atoms with E-state index >= 15 is 0 Å². The number of phenols is 1. The summed E-state index contributed by atoms with van der Waals surface area (Å²) in [6, 6.07) is 4.18. The van der Waals surface area contributed by atoms with Gasteiger partial charge in [-0.15, -0.1) is 0 Å². The maximum atomic E-state index is 10.4. The van der Waals surface area contributed by atoms with Crippen LogP contribution in [-0.4, -0.2) is 5.11 Å². The summed E-state index contributed by atoms with van der Waals surface area (Å²) in [4.78, 5) is 0. The number of aromatic hydroxyl groups is 1. The van der Waals surface area contributed by atoms with Gasteiger partial charge in [0, 0.05) is 0 Å². The van der Waals surface area contributed by atoms with Crippen molar-refractivity contribution in [3.8, 4) is 5.75 Å². The van der Waals surface area contributed by atoms with Crippen molar-refractivity contribution in [1.82, 2.24) is 0 Å². The second-order valence-electron chi connectivity index (χ2n) is 6.78. The Labute approximate surface area is 141 Å². The van der Waals surface area contributed by atoms with Crippen LogP contribution in [0.3, 0.4) is 0 Å². The number of aryl methyl sites for hydroxylation is 1. The predicted molar refractivity (Wildman–Crippen MR) is 88.4 cm³/mol. The van der Waals surface area contributed by atoms with E-state index in [-0.39, 0.29) is 18.3 Å². The SMILES string of the molecule is Cc1cc(C(C)(C)C)c(O)c(C(C)(C)C)c1.[CH3-].[Cl][Ti][Cl]. The van der Waals surface area contributed by atoms with Gasteiger partial charge in [-0.3, -0.25) is 0 Å². The van der Waals surface area contributed by atoms with E-state index in [1.165, 1.54) is 5.56 Å². The summed E-state index contributed by atoms with van der Waals surface area (Å²) < 4.78 is 0. The number of hydrogen-bond acceptors (Lipinski definition) is 1. The van der Waals surface area contributed by atoms with Gasteiger partial charge in [0.05, 0.1) is 0 Å². The number of phenolic OH excluding ortho intramolecular Hbond substituents is 1. The zero-order valence-corrected chi connectivity index (χ0v) is 16.9. The molecule has 1 aromatic carbocycles. The van der Waals surface area contributed by atoms with Crippen LogP contribution >= 0.6 is 18.6 Å². The molecule has 0 spiro atoms. The minimum atomic E-state index is -0.556. The molecule has 0 fully saturated rings. The van der Waals surface area contributed by atoms with E-state index in [9.17, 15) is 5.11 Å². The van der Waals surface area contributed by atoms with Crippen LogP contribution in [0.25, 0.3) is 0 Å². The zero-order valence-electron chi connectivity index (χ0n) is 13.9. The Morgan fingerprint density at radius 2 is 1.15 bits per heavy atom. The summed E-state index contributed by atoms with van der Waals surface area (Å²) in [5.41, 5.74) is 3.26. The van der Waals surface area contributed by atoms with Gasteiger partial charge in [0.25, 0.3) is 0 Å². The fraction of sp³-hybridized carbons (Fsp3) is 0.562. The van der Waals surface area contributed by atoms with Crippen molar-refractivity contribution in [2.75, 3.05) is 0 Å². The van der Waals surface area contributed by atoms with E-state index in [0.717, 1.165) is 11.1 Å². The Morgan fingerprint density at radius 1 is 0.900 bits per heavy atom. The quantitative estimate of drug-likeness (QED) is 0.439. The molecule has 0 amide bonds. The third-order valence-corrected chi connectivity index (χ3v) is 2.87. The fourth-order valence-electron chi connectivity index (χ4n) is 1.92. The Morgan fingerprint density at radius 3 is 1.35 bits per heavy atom. The van der Waals surface area contributed by atoms with Gasteiger partial charge in [-0.1, -0.05) is 59.2 Å². The average Bonchev–Trinajstić information content (AvgIpc) is 2.19. The molecule has 1 aromatic rings. The molecule has 0 bridgehead atoms. The first-order chi connectivity index (χ1) is 8.45. The zero-order chi connectivity index (χ0) is 15.4. The van der Waals surface area contributed by atoms with Gasteiger partial charge in [0.1, 0.15) is 5.75 Å². The van der Waals surface area contributed by atoms with Gasteiger partial charge in [-0.05, 0) is 28.9 Å². The second-order valence-corrected chi connectivity index (χ2v) is 9.36. The van der Waals surface area contributed by atoms with Gasteiger partial charge < -0.3 is 12.5 Å². The Bertz CT molecular complexity index is 382. The standard InChI is InChI=1S/C15H24O.CH3.2ClH.Ti/c1-10-8-11(14(2,3)4)13(16)12(9-10)15(5,6)7;;;;/h8-9,16H,1-7H3;1H3;2*1H;/q;-1;;;+2/p-2. The van der Waals surface area contributed by atoms with E-state index in [4.69, 9.17) is 18.6 Å². The van der Waals surface area contributed by atoms with Crippen LogP contribution in [0.2, 0.25) is 0 Å². The molecule has 1 nitrogen and oxygen atoms in total. The minimum absolute atomic E-state index is 0. The van der Waals surface area contributed by atoms with Gasteiger partial charge in [-0.2, -0.15) is 0 Å². The Hall–Kier alpha value is 0.314. The molecule has 4 heteroatoms. The van der Waals surface area contributed by atoms with E-state index in [2.05, 4.69) is 60.6 Å². The van der Waals surface area contributed by atoms with Crippen molar-refractivity contribution in [2.45, 2.75) is 59.3 Å². The first-order valence-electron chi connectivity index (χ1n) is 6.26. The molecule has 0 saturated carbocycles. The van der Waals surface area contributed by atoms with Crippen molar-refractivity contribution in [3.63, 3.8) is 0 Å². The molecule has 0 heterocycles. The monoisotopic (exact) mass is 353 g/mol. The van der Waals surface area contributed by atoms with Crippen molar-refractivity contribution in [2.24, 2.45) is 0 Å². The topological polar surface area (TPSA) is 20.2 Å². The fourth-order valence-corrected chi connectivity index (χ4v) is 1.92. The third-order valence-electron chi connectivity index (χ3n) is 2.87. The molecule has 0 aromatic heterocycles. The summed E-state index contributed by atoms with van der Waals surface area (Å²) in [7, 11) is 9.78. The maximum absolute atomic E-state index is 10.4. The molecule has 0 saturated heterocycles. The predicted octanol–water partition coefficient (Wildman–Crippen LogP) is 6.12. The molecule has 0 radical (unpaired) electrons. The normalized spacial score (nSPS) is 11.1. The molecule has 20 heavy (non-hydrogen) atoms. The van der Waals surface area contributed by atoms with Crippen LogP contribution in [0.1, 0.15) is 58.2 Å².